The van der Waals surface area contributed by atoms with E-state index >= 15 is 0 Å². The van der Waals surface area contributed by atoms with Gasteiger partial charge in [-0.15, -0.1) is 22.9 Å². The SMILES string of the molecule is ClCc1cccc(-c2nc3ccccc3s2)c1. The Kier molecular flexibility index (Phi) is 2.83. The summed E-state index contributed by atoms with van der Waals surface area (Å²) in [7, 11) is 0. The summed E-state index contributed by atoms with van der Waals surface area (Å²) in [5.74, 6) is 0.540. The van der Waals surface area contributed by atoms with E-state index in [1.54, 1.807) is 11.3 Å². The van der Waals surface area contributed by atoms with Gasteiger partial charge in [-0.3, -0.25) is 0 Å². The van der Waals surface area contributed by atoms with Crippen molar-refractivity contribution in [1.29, 1.82) is 0 Å². The summed E-state index contributed by atoms with van der Waals surface area (Å²) in [4.78, 5) is 4.63. The summed E-state index contributed by atoms with van der Waals surface area (Å²) in [5.41, 5.74) is 3.33. The number of nitrogens with zero attached hydrogens (tertiary/aromatic N) is 1. The summed E-state index contributed by atoms with van der Waals surface area (Å²) in [6, 6.07) is 16.4. The summed E-state index contributed by atoms with van der Waals surface area (Å²) in [6.45, 7) is 0. The van der Waals surface area contributed by atoms with Crippen LogP contribution in [0.2, 0.25) is 0 Å². The second kappa shape index (κ2) is 4.47. The predicted octanol–water partition coefficient (Wildman–Crippen LogP) is 4.70. The van der Waals surface area contributed by atoms with E-state index < -0.39 is 0 Å². The molecule has 3 aromatic rings. The molecule has 0 N–H and O–H groups in total. The van der Waals surface area contributed by atoms with Crippen LogP contribution < -0.4 is 0 Å². The van der Waals surface area contributed by atoms with Crippen LogP contribution in [0.3, 0.4) is 0 Å². The zero-order valence-corrected chi connectivity index (χ0v) is 10.6. The fourth-order valence-corrected chi connectivity index (χ4v) is 2.91. The first-order chi connectivity index (χ1) is 8.36. The van der Waals surface area contributed by atoms with Crippen LogP contribution in [0, 0.1) is 0 Å². The smallest absolute Gasteiger partial charge is 0.124 e. The molecule has 2 aromatic carbocycles. The molecule has 3 heteroatoms. The van der Waals surface area contributed by atoms with Crippen LogP contribution in [0.1, 0.15) is 5.56 Å². The van der Waals surface area contributed by atoms with Crippen molar-refractivity contribution in [2.24, 2.45) is 0 Å². The van der Waals surface area contributed by atoms with E-state index in [0.717, 1.165) is 21.7 Å². The van der Waals surface area contributed by atoms with Gasteiger partial charge < -0.3 is 0 Å². The largest absolute Gasteiger partial charge is 0.236 e. The second-order valence-electron chi connectivity index (χ2n) is 3.82. The minimum Gasteiger partial charge on any atom is -0.236 e. The molecule has 0 spiro atoms. The third kappa shape index (κ3) is 2.06. The maximum atomic E-state index is 5.85. The number of alkyl halides is 1. The van der Waals surface area contributed by atoms with Crippen LogP contribution in [0.4, 0.5) is 0 Å². The minimum atomic E-state index is 0.540. The Hall–Kier alpha value is -1.38. The molecule has 0 saturated heterocycles. The number of para-hydroxylation sites is 1. The van der Waals surface area contributed by atoms with E-state index in [2.05, 4.69) is 23.2 Å². The molecule has 0 saturated carbocycles. The van der Waals surface area contributed by atoms with Gasteiger partial charge in [-0.2, -0.15) is 0 Å². The summed E-state index contributed by atoms with van der Waals surface area (Å²) < 4.78 is 1.22. The number of fused-ring (bicyclic) bond motifs is 1. The Morgan fingerprint density at radius 2 is 1.94 bits per heavy atom. The fraction of sp³-hybridized carbons (Fsp3) is 0.0714. The number of aromatic nitrogens is 1. The van der Waals surface area contributed by atoms with Crippen molar-refractivity contribution in [1.82, 2.24) is 4.98 Å². The van der Waals surface area contributed by atoms with Crippen LogP contribution in [0.5, 0.6) is 0 Å². The monoisotopic (exact) mass is 259 g/mol. The molecular formula is C14H10ClNS. The molecule has 84 valence electrons. The highest BCUT2D eigenvalue weighted by Gasteiger charge is 2.05. The van der Waals surface area contributed by atoms with Gasteiger partial charge in [0, 0.05) is 11.4 Å². The van der Waals surface area contributed by atoms with Crippen molar-refractivity contribution >= 4 is 33.2 Å². The van der Waals surface area contributed by atoms with Crippen molar-refractivity contribution in [2.45, 2.75) is 5.88 Å². The highest BCUT2D eigenvalue weighted by Crippen LogP contribution is 2.30. The van der Waals surface area contributed by atoms with E-state index in [0.29, 0.717) is 5.88 Å². The van der Waals surface area contributed by atoms with Gasteiger partial charge in [0.2, 0.25) is 0 Å². The van der Waals surface area contributed by atoms with Crippen molar-refractivity contribution < 1.29 is 0 Å². The number of rotatable bonds is 2. The minimum absolute atomic E-state index is 0.540. The van der Waals surface area contributed by atoms with E-state index in [-0.39, 0.29) is 0 Å². The fourth-order valence-electron chi connectivity index (χ4n) is 1.78. The lowest BCUT2D eigenvalue weighted by atomic mass is 10.1. The van der Waals surface area contributed by atoms with Gasteiger partial charge in [0.05, 0.1) is 10.2 Å². The molecule has 0 radical (unpaired) electrons. The number of hydrogen-bond acceptors (Lipinski definition) is 2. The molecule has 1 nitrogen and oxygen atoms in total. The summed E-state index contributed by atoms with van der Waals surface area (Å²) in [5, 5.41) is 1.05. The average molecular weight is 260 g/mol. The molecule has 0 unspecified atom stereocenters. The van der Waals surface area contributed by atoms with Crippen molar-refractivity contribution in [3.05, 3.63) is 54.1 Å². The van der Waals surface area contributed by atoms with E-state index in [1.807, 2.05) is 30.3 Å². The number of hydrogen-bond donors (Lipinski definition) is 0. The lowest BCUT2D eigenvalue weighted by Crippen LogP contribution is -1.80. The van der Waals surface area contributed by atoms with Crippen LogP contribution >= 0.6 is 22.9 Å². The molecule has 1 heterocycles. The van der Waals surface area contributed by atoms with Crippen molar-refractivity contribution in [3.8, 4) is 10.6 Å². The van der Waals surface area contributed by atoms with Gasteiger partial charge in [-0.1, -0.05) is 30.3 Å². The summed E-state index contributed by atoms with van der Waals surface area (Å²) in [6.07, 6.45) is 0. The molecule has 17 heavy (non-hydrogen) atoms. The van der Waals surface area contributed by atoms with E-state index in [4.69, 9.17) is 11.6 Å². The molecular weight excluding hydrogens is 250 g/mol. The molecule has 0 aliphatic heterocycles. The highest BCUT2D eigenvalue weighted by molar-refractivity contribution is 7.21. The number of halogens is 1. The number of benzene rings is 2. The number of thiazole rings is 1. The standard InChI is InChI=1S/C14H10ClNS/c15-9-10-4-3-5-11(8-10)14-16-12-6-1-2-7-13(12)17-14/h1-8H,9H2. The van der Waals surface area contributed by atoms with E-state index in [1.165, 1.54) is 4.70 Å². The Morgan fingerprint density at radius 3 is 2.76 bits per heavy atom. The Balaban J connectivity index is 2.13. The van der Waals surface area contributed by atoms with Crippen LogP contribution in [0.25, 0.3) is 20.8 Å². The molecule has 0 atom stereocenters. The molecule has 0 bridgehead atoms. The van der Waals surface area contributed by atoms with Crippen LogP contribution in [0.15, 0.2) is 48.5 Å². The lowest BCUT2D eigenvalue weighted by molar-refractivity contribution is 1.39. The topological polar surface area (TPSA) is 12.9 Å². The second-order valence-corrected chi connectivity index (χ2v) is 5.12. The zero-order chi connectivity index (χ0) is 11.7. The predicted molar refractivity (Wildman–Crippen MR) is 74.6 cm³/mol. The van der Waals surface area contributed by atoms with Crippen LogP contribution in [-0.4, -0.2) is 4.98 Å². The molecule has 0 aliphatic carbocycles. The third-order valence-corrected chi connectivity index (χ3v) is 4.02. The maximum absolute atomic E-state index is 5.85. The summed E-state index contributed by atoms with van der Waals surface area (Å²) >= 11 is 7.56. The quantitative estimate of drug-likeness (QED) is 0.608. The Labute approximate surface area is 109 Å². The Morgan fingerprint density at radius 1 is 1.06 bits per heavy atom. The molecule has 0 fully saturated rings. The first-order valence-corrected chi connectivity index (χ1v) is 6.73. The van der Waals surface area contributed by atoms with Crippen molar-refractivity contribution in [2.75, 3.05) is 0 Å². The van der Waals surface area contributed by atoms with E-state index in [9.17, 15) is 0 Å². The molecule has 0 amide bonds. The van der Waals surface area contributed by atoms with Gasteiger partial charge in [0.25, 0.3) is 0 Å². The van der Waals surface area contributed by atoms with Gasteiger partial charge in [0.15, 0.2) is 0 Å². The molecule has 3 rings (SSSR count). The Bertz CT molecular complexity index is 627. The average Bonchev–Trinajstić information content (AvgIpc) is 2.82. The van der Waals surface area contributed by atoms with Gasteiger partial charge in [0.1, 0.15) is 5.01 Å². The molecule has 1 aromatic heterocycles. The first kappa shape index (κ1) is 10.8. The van der Waals surface area contributed by atoms with Gasteiger partial charge >= 0.3 is 0 Å². The van der Waals surface area contributed by atoms with Gasteiger partial charge in [-0.05, 0) is 23.8 Å². The highest BCUT2D eigenvalue weighted by atomic mass is 35.5. The third-order valence-electron chi connectivity index (χ3n) is 2.62. The maximum Gasteiger partial charge on any atom is 0.124 e. The zero-order valence-electron chi connectivity index (χ0n) is 9.06. The lowest BCUT2D eigenvalue weighted by Gasteiger charge is -1.98. The molecule has 0 aliphatic rings. The normalized spacial score (nSPS) is 10.9. The first-order valence-electron chi connectivity index (χ1n) is 5.37. The van der Waals surface area contributed by atoms with Gasteiger partial charge in [-0.25, -0.2) is 4.98 Å². The van der Waals surface area contributed by atoms with Crippen molar-refractivity contribution in [3.63, 3.8) is 0 Å². The van der Waals surface area contributed by atoms with Crippen LogP contribution in [-0.2, 0) is 5.88 Å².